The first-order valence-corrected chi connectivity index (χ1v) is 6.64. The number of rotatable bonds is 8. The molecule has 0 aromatic heterocycles. The molecule has 0 unspecified atom stereocenters. The third-order valence-electron chi connectivity index (χ3n) is 2.43. The first-order chi connectivity index (χ1) is 9.27. The Morgan fingerprint density at radius 1 is 1.11 bits per heavy atom. The first kappa shape index (κ1) is 15.1. The lowest BCUT2D eigenvalue weighted by atomic mass is 10.3. The van der Waals surface area contributed by atoms with Gasteiger partial charge in [-0.05, 0) is 25.5 Å². The van der Waals surface area contributed by atoms with Gasteiger partial charge in [-0.25, -0.2) is 4.79 Å². The fraction of sp³-hybridized carbons (Fsp3) is 0.500. The normalized spacial score (nSPS) is 9.79. The highest BCUT2D eigenvalue weighted by Crippen LogP contribution is 2.25. The number of unbranched alkanes of at least 4 members (excludes halogenated alkanes) is 1. The summed E-state index contributed by atoms with van der Waals surface area (Å²) in [5.41, 5.74) is 0. The van der Waals surface area contributed by atoms with E-state index in [9.17, 15) is 4.79 Å². The number of nitrogens with one attached hydrogen (secondary N) is 2. The van der Waals surface area contributed by atoms with Crippen molar-refractivity contribution < 1.29 is 14.3 Å². The largest absolute Gasteiger partial charge is 0.490 e. The number of amides is 2. The maximum Gasteiger partial charge on any atom is 0.317 e. The van der Waals surface area contributed by atoms with Crippen LogP contribution in [0.3, 0.4) is 0 Å². The van der Waals surface area contributed by atoms with Crippen LogP contribution in [0.25, 0.3) is 0 Å². The summed E-state index contributed by atoms with van der Waals surface area (Å²) < 4.78 is 10.9. The molecule has 5 nitrogen and oxygen atoms in total. The minimum atomic E-state index is -0.220. The summed E-state index contributed by atoms with van der Waals surface area (Å²) in [4.78, 5) is 11.4. The van der Waals surface area contributed by atoms with Gasteiger partial charge >= 0.3 is 6.03 Å². The Morgan fingerprint density at radius 2 is 1.79 bits per heavy atom. The van der Waals surface area contributed by atoms with E-state index in [0.717, 1.165) is 12.8 Å². The Labute approximate surface area is 114 Å². The molecule has 0 aliphatic heterocycles. The monoisotopic (exact) mass is 266 g/mol. The summed E-state index contributed by atoms with van der Waals surface area (Å²) in [6.45, 7) is 5.36. The van der Waals surface area contributed by atoms with Gasteiger partial charge in [0.2, 0.25) is 0 Å². The molecule has 0 spiro atoms. The van der Waals surface area contributed by atoms with E-state index in [1.54, 1.807) is 0 Å². The fourth-order valence-corrected chi connectivity index (χ4v) is 1.46. The molecule has 2 amide bonds. The Kier molecular flexibility index (Phi) is 7.24. The molecule has 0 fully saturated rings. The highest BCUT2D eigenvalue weighted by molar-refractivity contribution is 5.73. The predicted octanol–water partition coefficient (Wildman–Crippen LogP) is 2.52. The van der Waals surface area contributed by atoms with Gasteiger partial charge in [-0.2, -0.15) is 0 Å². The standard InChI is InChI=1S/C14H22N2O3/c1-3-5-10-15-14(17)16-11-19-13-9-7-6-8-12(13)18-4-2/h6-9H,3-5,10-11H2,1-2H3,(H2,15,16,17). The van der Waals surface area contributed by atoms with E-state index in [2.05, 4.69) is 17.6 Å². The van der Waals surface area contributed by atoms with Crippen molar-refractivity contribution in [2.75, 3.05) is 19.9 Å². The van der Waals surface area contributed by atoms with Crippen molar-refractivity contribution in [2.45, 2.75) is 26.7 Å². The van der Waals surface area contributed by atoms with Gasteiger partial charge < -0.3 is 20.1 Å². The van der Waals surface area contributed by atoms with E-state index in [1.807, 2.05) is 31.2 Å². The van der Waals surface area contributed by atoms with Crippen molar-refractivity contribution >= 4 is 6.03 Å². The Morgan fingerprint density at radius 3 is 2.42 bits per heavy atom. The number of carbonyl (C=O) groups is 1. The molecule has 1 aromatic rings. The van der Waals surface area contributed by atoms with Gasteiger partial charge in [-0.15, -0.1) is 0 Å². The van der Waals surface area contributed by atoms with E-state index in [4.69, 9.17) is 9.47 Å². The third-order valence-corrected chi connectivity index (χ3v) is 2.43. The van der Waals surface area contributed by atoms with E-state index >= 15 is 0 Å². The second-order valence-corrected chi connectivity index (χ2v) is 3.95. The molecule has 106 valence electrons. The topological polar surface area (TPSA) is 59.6 Å². The van der Waals surface area contributed by atoms with Gasteiger partial charge in [0.1, 0.15) is 0 Å². The van der Waals surface area contributed by atoms with Crippen molar-refractivity contribution in [3.8, 4) is 11.5 Å². The number of urea groups is 1. The summed E-state index contributed by atoms with van der Waals surface area (Å²) in [5, 5.41) is 5.38. The Bertz CT molecular complexity index is 383. The number of hydrogen-bond donors (Lipinski definition) is 2. The highest BCUT2D eigenvalue weighted by atomic mass is 16.5. The molecule has 0 saturated carbocycles. The maximum atomic E-state index is 11.4. The molecule has 19 heavy (non-hydrogen) atoms. The van der Waals surface area contributed by atoms with Gasteiger partial charge in [0.25, 0.3) is 0 Å². The number of hydrogen-bond acceptors (Lipinski definition) is 3. The van der Waals surface area contributed by atoms with Gasteiger partial charge in [0, 0.05) is 6.54 Å². The van der Waals surface area contributed by atoms with Crippen molar-refractivity contribution in [2.24, 2.45) is 0 Å². The molecule has 0 saturated heterocycles. The molecule has 2 N–H and O–H groups in total. The fourth-order valence-electron chi connectivity index (χ4n) is 1.46. The van der Waals surface area contributed by atoms with Crippen LogP contribution < -0.4 is 20.1 Å². The minimum Gasteiger partial charge on any atom is -0.490 e. The summed E-state index contributed by atoms with van der Waals surface area (Å²) in [7, 11) is 0. The number of carbonyl (C=O) groups excluding carboxylic acids is 1. The van der Waals surface area contributed by atoms with Gasteiger partial charge in [-0.3, -0.25) is 0 Å². The molecule has 1 aromatic carbocycles. The van der Waals surface area contributed by atoms with Crippen molar-refractivity contribution in [1.29, 1.82) is 0 Å². The molecule has 0 bridgehead atoms. The van der Waals surface area contributed by atoms with E-state index < -0.39 is 0 Å². The molecule has 1 rings (SSSR count). The molecule has 0 heterocycles. The van der Waals surface area contributed by atoms with E-state index in [-0.39, 0.29) is 12.8 Å². The molecule has 5 heteroatoms. The molecular formula is C14H22N2O3. The SMILES string of the molecule is CCCCNC(=O)NCOc1ccccc1OCC. The zero-order valence-corrected chi connectivity index (χ0v) is 11.6. The number of para-hydroxylation sites is 2. The van der Waals surface area contributed by atoms with Crippen LogP contribution in [0, 0.1) is 0 Å². The molecule has 0 atom stereocenters. The van der Waals surface area contributed by atoms with Crippen LogP contribution in [0.5, 0.6) is 11.5 Å². The lowest BCUT2D eigenvalue weighted by molar-refractivity contribution is 0.220. The zero-order valence-electron chi connectivity index (χ0n) is 11.6. The summed E-state index contributed by atoms with van der Waals surface area (Å²) >= 11 is 0. The smallest absolute Gasteiger partial charge is 0.317 e. The van der Waals surface area contributed by atoms with Crippen LogP contribution in [0.4, 0.5) is 4.79 Å². The summed E-state index contributed by atoms with van der Waals surface area (Å²) in [6.07, 6.45) is 2.03. The zero-order chi connectivity index (χ0) is 13.9. The van der Waals surface area contributed by atoms with Crippen molar-refractivity contribution in [3.63, 3.8) is 0 Å². The first-order valence-electron chi connectivity index (χ1n) is 6.64. The Hall–Kier alpha value is -1.91. The lowest BCUT2D eigenvalue weighted by Gasteiger charge is -2.12. The molecular weight excluding hydrogens is 244 g/mol. The summed E-state index contributed by atoms with van der Waals surface area (Å²) in [5.74, 6) is 1.30. The quantitative estimate of drug-likeness (QED) is 0.561. The van der Waals surface area contributed by atoms with Gasteiger partial charge in [0.05, 0.1) is 6.61 Å². The Balaban J connectivity index is 2.30. The van der Waals surface area contributed by atoms with Crippen LogP contribution in [0.1, 0.15) is 26.7 Å². The van der Waals surface area contributed by atoms with Crippen LogP contribution in [0.2, 0.25) is 0 Å². The second-order valence-electron chi connectivity index (χ2n) is 3.95. The average molecular weight is 266 g/mol. The summed E-state index contributed by atoms with van der Waals surface area (Å²) in [6, 6.07) is 7.16. The predicted molar refractivity (Wildman–Crippen MR) is 74.5 cm³/mol. The van der Waals surface area contributed by atoms with Crippen LogP contribution in [-0.4, -0.2) is 25.9 Å². The number of benzene rings is 1. The minimum absolute atomic E-state index is 0.113. The van der Waals surface area contributed by atoms with E-state index in [0.29, 0.717) is 24.7 Å². The number of ether oxygens (including phenoxy) is 2. The molecule has 0 aliphatic carbocycles. The molecule has 0 aliphatic rings. The third kappa shape index (κ3) is 5.99. The maximum absolute atomic E-state index is 11.4. The lowest BCUT2D eigenvalue weighted by Crippen LogP contribution is -2.38. The van der Waals surface area contributed by atoms with Crippen LogP contribution >= 0.6 is 0 Å². The average Bonchev–Trinajstić information content (AvgIpc) is 2.41. The molecule has 0 radical (unpaired) electrons. The highest BCUT2D eigenvalue weighted by Gasteiger charge is 2.04. The second kappa shape index (κ2) is 9.08. The van der Waals surface area contributed by atoms with Crippen LogP contribution in [-0.2, 0) is 0 Å². The van der Waals surface area contributed by atoms with Gasteiger partial charge in [-0.1, -0.05) is 25.5 Å². The van der Waals surface area contributed by atoms with Crippen LogP contribution in [0.15, 0.2) is 24.3 Å². The van der Waals surface area contributed by atoms with E-state index in [1.165, 1.54) is 0 Å². The van der Waals surface area contributed by atoms with Crippen molar-refractivity contribution in [1.82, 2.24) is 10.6 Å². The van der Waals surface area contributed by atoms with Gasteiger partial charge in [0.15, 0.2) is 18.2 Å². The van der Waals surface area contributed by atoms with Crippen molar-refractivity contribution in [3.05, 3.63) is 24.3 Å².